The summed E-state index contributed by atoms with van der Waals surface area (Å²) in [7, 11) is -3.49. The summed E-state index contributed by atoms with van der Waals surface area (Å²) in [4.78, 5) is 12.3. The van der Waals surface area contributed by atoms with E-state index in [4.69, 9.17) is 9.52 Å². The quantitative estimate of drug-likeness (QED) is 0.835. The maximum atomic E-state index is 12.2. The fourth-order valence-corrected chi connectivity index (χ4v) is 3.60. The molecule has 0 saturated heterocycles. The van der Waals surface area contributed by atoms with Crippen LogP contribution >= 0.6 is 0 Å². The van der Waals surface area contributed by atoms with Gasteiger partial charge < -0.3 is 14.8 Å². The van der Waals surface area contributed by atoms with Crippen molar-refractivity contribution < 1.29 is 22.7 Å². The van der Waals surface area contributed by atoms with Crippen molar-refractivity contribution in [2.24, 2.45) is 5.92 Å². The van der Waals surface area contributed by atoms with Gasteiger partial charge in [-0.25, -0.2) is 8.42 Å². The molecule has 1 aliphatic rings. The van der Waals surface area contributed by atoms with Gasteiger partial charge in [-0.2, -0.15) is 0 Å². The highest BCUT2D eigenvalue weighted by Gasteiger charge is 2.36. The summed E-state index contributed by atoms with van der Waals surface area (Å²) in [6.45, 7) is 1.71. The molecule has 1 aliphatic carbocycles. The van der Waals surface area contributed by atoms with Gasteiger partial charge in [-0.15, -0.1) is 0 Å². The third-order valence-corrected chi connectivity index (χ3v) is 5.87. The number of sulfone groups is 1. The number of carbonyl (C=O) groups excluding carboxylic acids is 1. The van der Waals surface area contributed by atoms with Crippen LogP contribution in [-0.4, -0.2) is 31.8 Å². The van der Waals surface area contributed by atoms with E-state index in [0.29, 0.717) is 17.5 Å². The number of carbonyl (C=O) groups is 1. The van der Waals surface area contributed by atoms with Gasteiger partial charge in [0.2, 0.25) is 0 Å². The number of hydrogen-bond acceptors (Lipinski definition) is 5. The highest BCUT2D eigenvalue weighted by Crippen LogP contribution is 2.47. The van der Waals surface area contributed by atoms with Crippen LogP contribution in [0.2, 0.25) is 0 Å². The van der Waals surface area contributed by atoms with Crippen LogP contribution in [0.15, 0.2) is 45.7 Å². The highest BCUT2D eigenvalue weighted by atomic mass is 32.2. The van der Waals surface area contributed by atoms with Crippen LogP contribution in [0.4, 0.5) is 5.69 Å². The van der Waals surface area contributed by atoms with Gasteiger partial charge in [-0.1, -0.05) is 6.92 Å². The molecule has 2 atom stereocenters. The average molecular weight is 349 g/mol. The number of rotatable bonds is 6. The smallest absolute Gasteiger partial charge is 0.291 e. The Balaban J connectivity index is 1.67. The number of amides is 1. The summed E-state index contributed by atoms with van der Waals surface area (Å²) in [5, 5.41) is 11.5. The van der Waals surface area contributed by atoms with Crippen molar-refractivity contribution in [2.75, 3.05) is 17.7 Å². The minimum Gasteiger partial charge on any atom is -0.456 e. The Hall–Kier alpha value is -2.12. The van der Waals surface area contributed by atoms with Gasteiger partial charge >= 0.3 is 0 Å². The third-order valence-electron chi connectivity index (χ3n) is 4.16. The summed E-state index contributed by atoms with van der Waals surface area (Å²) in [6.07, 6.45) is 1.08. The van der Waals surface area contributed by atoms with E-state index in [1.54, 1.807) is 6.07 Å². The lowest BCUT2D eigenvalue weighted by Crippen LogP contribution is -2.12. The molecular weight excluding hydrogens is 330 g/mol. The fourth-order valence-electron chi connectivity index (χ4n) is 2.57. The molecule has 1 saturated carbocycles. The summed E-state index contributed by atoms with van der Waals surface area (Å²) in [5.74, 6) is 1.37. The van der Waals surface area contributed by atoms with Crippen molar-refractivity contribution in [1.82, 2.24) is 0 Å². The second kappa shape index (κ2) is 6.41. The molecule has 1 aromatic heterocycles. The molecule has 1 amide bonds. The van der Waals surface area contributed by atoms with Gasteiger partial charge in [-0.05, 0) is 48.7 Å². The molecule has 2 N–H and O–H groups in total. The SMILES string of the molecule is C[C@H]1C[C@H]1c1ccc(C(=O)Nc2ccc(S(=O)(=O)CCO)cc2)o1. The van der Waals surface area contributed by atoms with Crippen LogP contribution in [-0.2, 0) is 9.84 Å². The second-order valence-corrected chi connectivity index (χ2v) is 8.15. The standard InChI is InChI=1S/C17H19NO5S/c1-11-10-14(11)15-6-7-16(23-15)17(20)18-12-2-4-13(5-3-12)24(21,22)9-8-19/h2-7,11,14,19H,8-10H2,1H3,(H,18,20)/t11-,14+/m0/s1. The van der Waals surface area contributed by atoms with Crippen LogP contribution in [0.3, 0.4) is 0 Å². The number of anilines is 1. The van der Waals surface area contributed by atoms with Crippen LogP contribution < -0.4 is 5.32 Å². The zero-order chi connectivity index (χ0) is 17.3. The van der Waals surface area contributed by atoms with Gasteiger partial charge in [0.1, 0.15) is 5.76 Å². The van der Waals surface area contributed by atoms with E-state index < -0.39 is 16.4 Å². The van der Waals surface area contributed by atoms with E-state index in [-0.39, 0.29) is 22.3 Å². The minimum absolute atomic E-state index is 0.109. The molecule has 1 fully saturated rings. The molecule has 6 nitrogen and oxygen atoms in total. The summed E-state index contributed by atoms with van der Waals surface area (Å²) >= 11 is 0. The van der Waals surface area contributed by atoms with Gasteiger partial charge in [0.25, 0.3) is 5.91 Å². The molecule has 1 heterocycles. The highest BCUT2D eigenvalue weighted by molar-refractivity contribution is 7.91. The van der Waals surface area contributed by atoms with Crippen LogP contribution in [0.5, 0.6) is 0 Å². The van der Waals surface area contributed by atoms with Crippen LogP contribution in [0, 0.1) is 5.92 Å². The molecule has 0 aliphatic heterocycles. The van der Waals surface area contributed by atoms with Crippen molar-refractivity contribution in [1.29, 1.82) is 0 Å². The third kappa shape index (κ3) is 3.52. The first kappa shape index (κ1) is 16.7. The van der Waals surface area contributed by atoms with Crippen molar-refractivity contribution in [3.63, 3.8) is 0 Å². The first-order valence-corrected chi connectivity index (χ1v) is 9.40. The monoisotopic (exact) mass is 349 g/mol. The Labute approximate surface area is 140 Å². The summed E-state index contributed by atoms with van der Waals surface area (Å²) in [5.41, 5.74) is 0.473. The first-order chi connectivity index (χ1) is 11.4. The van der Waals surface area contributed by atoms with Crippen molar-refractivity contribution in [3.8, 4) is 0 Å². The van der Waals surface area contributed by atoms with Gasteiger partial charge in [0.15, 0.2) is 15.6 Å². The molecule has 3 rings (SSSR count). The van der Waals surface area contributed by atoms with Crippen molar-refractivity contribution in [2.45, 2.75) is 24.2 Å². The molecule has 2 aromatic rings. The molecule has 0 radical (unpaired) electrons. The molecule has 0 unspecified atom stereocenters. The minimum atomic E-state index is -3.49. The Bertz CT molecular complexity index is 838. The van der Waals surface area contributed by atoms with E-state index in [9.17, 15) is 13.2 Å². The Morgan fingerprint density at radius 2 is 1.92 bits per heavy atom. The Morgan fingerprint density at radius 3 is 2.50 bits per heavy atom. The van der Waals surface area contributed by atoms with Crippen LogP contribution in [0.25, 0.3) is 0 Å². The molecule has 1 aromatic carbocycles. The summed E-state index contributed by atoms with van der Waals surface area (Å²) in [6, 6.07) is 9.30. The lowest BCUT2D eigenvalue weighted by atomic mass is 10.3. The number of hydrogen-bond donors (Lipinski definition) is 2. The Morgan fingerprint density at radius 1 is 1.25 bits per heavy atom. The van der Waals surface area contributed by atoms with E-state index in [1.165, 1.54) is 24.3 Å². The number of aliphatic hydroxyl groups excluding tert-OH is 1. The largest absolute Gasteiger partial charge is 0.456 e. The number of furan rings is 1. The normalized spacial score (nSPS) is 19.9. The predicted molar refractivity (Wildman–Crippen MR) is 88.8 cm³/mol. The number of benzene rings is 1. The zero-order valence-electron chi connectivity index (χ0n) is 13.2. The zero-order valence-corrected chi connectivity index (χ0v) is 14.0. The maximum Gasteiger partial charge on any atom is 0.291 e. The topological polar surface area (TPSA) is 96.6 Å². The molecular formula is C17H19NO5S. The molecule has 128 valence electrons. The fraction of sp³-hybridized carbons (Fsp3) is 0.353. The maximum absolute atomic E-state index is 12.2. The molecule has 0 bridgehead atoms. The molecule has 7 heteroatoms. The predicted octanol–water partition coefficient (Wildman–Crippen LogP) is 2.42. The van der Waals surface area contributed by atoms with Crippen molar-refractivity contribution in [3.05, 3.63) is 47.9 Å². The second-order valence-electron chi connectivity index (χ2n) is 6.04. The summed E-state index contributed by atoms with van der Waals surface area (Å²) < 4.78 is 29.2. The lowest BCUT2D eigenvalue weighted by Gasteiger charge is -2.06. The molecule has 0 spiro atoms. The van der Waals surface area contributed by atoms with Crippen molar-refractivity contribution >= 4 is 21.4 Å². The van der Waals surface area contributed by atoms with E-state index in [0.717, 1.165) is 12.2 Å². The Kier molecular flexibility index (Phi) is 4.47. The number of nitrogens with one attached hydrogen (secondary N) is 1. The van der Waals surface area contributed by atoms with E-state index in [1.807, 2.05) is 6.07 Å². The van der Waals surface area contributed by atoms with Gasteiger partial charge in [0, 0.05) is 11.6 Å². The first-order valence-electron chi connectivity index (χ1n) is 7.75. The van der Waals surface area contributed by atoms with E-state index in [2.05, 4.69) is 12.2 Å². The van der Waals surface area contributed by atoms with E-state index >= 15 is 0 Å². The molecule has 24 heavy (non-hydrogen) atoms. The average Bonchev–Trinajstić information content (AvgIpc) is 3.08. The lowest BCUT2D eigenvalue weighted by molar-refractivity contribution is 0.0995. The van der Waals surface area contributed by atoms with Crippen LogP contribution in [0.1, 0.15) is 35.6 Å². The van der Waals surface area contributed by atoms with Gasteiger partial charge in [-0.3, -0.25) is 4.79 Å². The van der Waals surface area contributed by atoms with Gasteiger partial charge in [0.05, 0.1) is 17.3 Å². The number of aliphatic hydroxyl groups is 1.